The van der Waals surface area contributed by atoms with Gasteiger partial charge in [0.15, 0.2) is 0 Å². The Kier molecular flexibility index (Phi) is 1.92. The first-order valence-electron chi connectivity index (χ1n) is 9.12. The van der Waals surface area contributed by atoms with Crippen molar-refractivity contribution in [1.29, 1.82) is 0 Å². The molecule has 2 spiro atoms. The molecule has 7 aliphatic rings. The normalized spacial score (nSPS) is 64.5. The average Bonchev–Trinajstić information content (AvgIpc) is 2.91. The first-order chi connectivity index (χ1) is 11.3. The van der Waals surface area contributed by atoms with Crippen molar-refractivity contribution < 1.29 is 24.5 Å². The third-order valence-corrected chi connectivity index (χ3v) is 9.20. The molecule has 5 nitrogen and oxygen atoms in total. The Bertz CT molecular complexity index is 759. The molecule has 0 radical (unpaired) electrons. The summed E-state index contributed by atoms with van der Waals surface area (Å²) in [6.45, 7) is 6.16. The highest BCUT2D eigenvalue weighted by molar-refractivity contribution is 5.87. The number of aliphatic hydroxyl groups is 1. The van der Waals surface area contributed by atoms with Gasteiger partial charge in [-0.2, -0.15) is 0 Å². The number of aliphatic hydroxyl groups excluding tert-OH is 1. The van der Waals surface area contributed by atoms with Gasteiger partial charge in [0.2, 0.25) is 0 Å². The Balaban J connectivity index is 1.68. The van der Waals surface area contributed by atoms with Gasteiger partial charge in [0.25, 0.3) is 0 Å². The van der Waals surface area contributed by atoms with Crippen LogP contribution in [0.2, 0.25) is 0 Å². The lowest BCUT2D eigenvalue weighted by Gasteiger charge is -2.49. The minimum Gasteiger partial charge on any atom is -0.481 e. The smallest absolute Gasteiger partial charge is 0.312 e. The van der Waals surface area contributed by atoms with Crippen LogP contribution in [0.25, 0.3) is 0 Å². The maximum absolute atomic E-state index is 12.8. The van der Waals surface area contributed by atoms with E-state index in [1.165, 1.54) is 0 Å². The molecule has 0 amide bonds. The molecule has 1 saturated heterocycles. The molecule has 24 heavy (non-hydrogen) atoms. The van der Waals surface area contributed by atoms with E-state index in [0.717, 1.165) is 18.4 Å². The van der Waals surface area contributed by atoms with Gasteiger partial charge in [-0.25, -0.2) is 0 Å². The molecule has 5 heteroatoms. The number of fused-ring (bicyclic) bond motifs is 1. The summed E-state index contributed by atoms with van der Waals surface area (Å²) in [7, 11) is 0. The minimum atomic E-state index is -0.817. The summed E-state index contributed by atoms with van der Waals surface area (Å²) in [5.74, 6) is -1.72. The van der Waals surface area contributed by atoms with Crippen molar-refractivity contribution in [1.82, 2.24) is 0 Å². The molecule has 0 aromatic carbocycles. The van der Waals surface area contributed by atoms with Crippen LogP contribution in [0.5, 0.6) is 0 Å². The van der Waals surface area contributed by atoms with E-state index in [1.807, 2.05) is 6.92 Å². The van der Waals surface area contributed by atoms with E-state index in [9.17, 15) is 19.8 Å². The Morgan fingerprint density at radius 3 is 2.83 bits per heavy atom. The summed E-state index contributed by atoms with van der Waals surface area (Å²) in [5.41, 5.74) is -1.43. The monoisotopic (exact) mass is 330 g/mol. The van der Waals surface area contributed by atoms with Crippen molar-refractivity contribution in [3.63, 3.8) is 0 Å². The summed E-state index contributed by atoms with van der Waals surface area (Å²) in [6, 6.07) is 0. The van der Waals surface area contributed by atoms with Crippen LogP contribution in [-0.4, -0.2) is 33.9 Å². The zero-order chi connectivity index (χ0) is 16.9. The fourth-order valence-electron chi connectivity index (χ4n) is 8.96. The largest absolute Gasteiger partial charge is 0.481 e. The van der Waals surface area contributed by atoms with E-state index in [1.54, 1.807) is 0 Å². The maximum atomic E-state index is 12.8. The van der Waals surface area contributed by atoms with Gasteiger partial charge in [0, 0.05) is 11.3 Å². The topological polar surface area (TPSA) is 83.8 Å². The maximum Gasteiger partial charge on any atom is 0.312 e. The lowest BCUT2D eigenvalue weighted by molar-refractivity contribution is -0.171. The SMILES string of the molecule is C=C1C2CC(O)C34C1C3(C2)C(C(=O)O)C1C2(C)CCCC14OC2=O. The number of esters is 1. The van der Waals surface area contributed by atoms with Gasteiger partial charge in [0.05, 0.1) is 22.9 Å². The number of hydrogen-bond acceptors (Lipinski definition) is 4. The highest BCUT2D eigenvalue weighted by Crippen LogP contribution is 2.98. The molecule has 7 fully saturated rings. The second kappa shape index (κ2) is 3.33. The number of carboxylic acid groups (broad SMARTS) is 1. The Morgan fingerprint density at radius 1 is 1.38 bits per heavy atom. The van der Waals surface area contributed by atoms with Crippen molar-refractivity contribution in [2.75, 3.05) is 0 Å². The molecule has 1 heterocycles. The molecule has 6 saturated carbocycles. The van der Waals surface area contributed by atoms with Gasteiger partial charge in [-0.1, -0.05) is 12.2 Å². The Morgan fingerprint density at radius 2 is 2.12 bits per heavy atom. The molecule has 6 bridgehead atoms. The van der Waals surface area contributed by atoms with Crippen molar-refractivity contribution in [2.45, 2.75) is 50.7 Å². The third-order valence-electron chi connectivity index (χ3n) is 9.20. The predicted molar refractivity (Wildman–Crippen MR) is 81.6 cm³/mol. The van der Waals surface area contributed by atoms with Gasteiger partial charge in [-0.05, 0) is 50.9 Å². The molecule has 128 valence electrons. The zero-order valence-electron chi connectivity index (χ0n) is 13.7. The molecule has 7 rings (SSSR count). The molecule has 1 aliphatic heterocycles. The molecule has 9 atom stereocenters. The van der Waals surface area contributed by atoms with Crippen LogP contribution >= 0.6 is 0 Å². The summed E-state index contributed by atoms with van der Waals surface area (Å²) < 4.78 is 6.10. The number of hydrogen-bond donors (Lipinski definition) is 2. The minimum absolute atomic E-state index is 0.0179. The molecule has 0 aromatic rings. The van der Waals surface area contributed by atoms with Crippen LogP contribution in [0.15, 0.2) is 12.2 Å². The lowest BCUT2D eigenvalue weighted by atomic mass is 9.55. The van der Waals surface area contributed by atoms with E-state index in [4.69, 9.17) is 4.74 Å². The standard InChI is InChI=1S/C19H22O5/c1-8-9-6-10(20)19-12(8)17(19,7-9)11(14(21)22)13-16(2)4-3-5-18(13,19)24-15(16)23/h9-13,20H,1,3-7H2,2H3,(H,21,22). The molecule has 0 aromatic heterocycles. The molecule has 2 N–H and O–H groups in total. The second-order valence-electron chi connectivity index (χ2n) is 9.41. The number of aliphatic carboxylic acids is 1. The zero-order valence-corrected chi connectivity index (χ0v) is 13.7. The Labute approximate surface area is 140 Å². The fraction of sp³-hybridized carbons (Fsp3) is 0.789. The Hall–Kier alpha value is -1.36. The lowest BCUT2D eigenvalue weighted by Crippen LogP contribution is -2.56. The fourth-order valence-corrected chi connectivity index (χ4v) is 8.96. The number of carbonyl (C=O) groups is 2. The highest BCUT2D eigenvalue weighted by Gasteiger charge is 3.02. The van der Waals surface area contributed by atoms with Gasteiger partial charge in [-0.15, -0.1) is 0 Å². The van der Waals surface area contributed by atoms with E-state index < -0.39 is 39.8 Å². The summed E-state index contributed by atoms with van der Waals surface area (Å²) >= 11 is 0. The quantitative estimate of drug-likeness (QED) is 0.565. The van der Waals surface area contributed by atoms with Crippen molar-refractivity contribution in [3.8, 4) is 0 Å². The first-order valence-corrected chi connectivity index (χ1v) is 9.12. The van der Waals surface area contributed by atoms with Crippen LogP contribution < -0.4 is 0 Å². The van der Waals surface area contributed by atoms with E-state index in [0.29, 0.717) is 19.3 Å². The van der Waals surface area contributed by atoms with Gasteiger partial charge in [-0.3, -0.25) is 9.59 Å². The van der Waals surface area contributed by atoms with Gasteiger partial charge < -0.3 is 14.9 Å². The number of rotatable bonds is 1. The van der Waals surface area contributed by atoms with Crippen molar-refractivity contribution in [2.24, 2.45) is 39.9 Å². The van der Waals surface area contributed by atoms with Crippen LogP contribution in [0.4, 0.5) is 0 Å². The van der Waals surface area contributed by atoms with E-state index in [-0.39, 0.29) is 23.7 Å². The van der Waals surface area contributed by atoms with Gasteiger partial charge >= 0.3 is 11.9 Å². The summed E-state index contributed by atoms with van der Waals surface area (Å²) in [4.78, 5) is 25.2. The highest BCUT2D eigenvalue weighted by atomic mass is 16.6. The first kappa shape index (κ1) is 13.9. The predicted octanol–water partition coefficient (Wildman–Crippen LogP) is 1.75. The van der Waals surface area contributed by atoms with Crippen LogP contribution in [-0.2, 0) is 14.3 Å². The molecular weight excluding hydrogens is 308 g/mol. The molecular formula is C19H22O5. The van der Waals surface area contributed by atoms with E-state index in [2.05, 4.69) is 6.58 Å². The summed E-state index contributed by atoms with van der Waals surface area (Å²) in [6.07, 6.45) is 3.11. The van der Waals surface area contributed by atoms with Gasteiger partial charge in [0.1, 0.15) is 5.60 Å². The van der Waals surface area contributed by atoms with Crippen LogP contribution in [0.3, 0.4) is 0 Å². The van der Waals surface area contributed by atoms with Crippen molar-refractivity contribution in [3.05, 3.63) is 12.2 Å². The number of allylic oxidation sites excluding steroid dienone is 1. The third kappa shape index (κ3) is 0.889. The average molecular weight is 330 g/mol. The van der Waals surface area contributed by atoms with Crippen LogP contribution in [0.1, 0.15) is 39.0 Å². The second-order valence-corrected chi connectivity index (χ2v) is 9.41. The number of carboxylic acids is 1. The molecule has 9 unspecified atom stereocenters. The number of carbonyl (C=O) groups excluding carboxylic acids is 1. The van der Waals surface area contributed by atoms with Crippen molar-refractivity contribution >= 4 is 11.9 Å². The number of ether oxygens (including phenoxy) is 1. The van der Waals surface area contributed by atoms with Crippen LogP contribution in [0, 0.1) is 39.9 Å². The summed E-state index contributed by atoms with van der Waals surface area (Å²) in [5, 5.41) is 21.3. The van der Waals surface area contributed by atoms with E-state index >= 15 is 0 Å². The molecule has 6 aliphatic carbocycles.